The van der Waals surface area contributed by atoms with E-state index in [1.165, 1.54) is 5.69 Å². The Bertz CT molecular complexity index is 641. The van der Waals surface area contributed by atoms with Gasteiger partial charge in [-0.2, -0.15) is 0 Å². The van der Waals surface area contributed by atoms with E-state index in [-0.39, 0.29) is 5.56 Å². The topological polar surface area (TPSA) is 37.3 Å². The molecule has 0 radical (unpaired) electrons. The van der Waals surface area contributed by atoms with Crippen LogP contribution in [0.3, 0.4) is 0 Å². The minimum atomic E-state index is 0.0764. The van der Waals surface area contributed by atoms with E-state index in [2.05, 4.69) is 28.4 Å². The van der Waals surface area contributed by atoms with E-state index in [1.54, 1.807) is 6.07 Å². The third kappa shape index (κ3) is 2.24. The van der Waals surface area contributed by atoms with E-state index in [0.717, 1.165) is 37.1 Å². The van der Waals surface area contributed by atoms with Gasteiger partial charge in [0.25, 0.3) is 5.56 Å². The Morgan fingerprint density at radius 1 is 1.16 bits per heavy atom. The Morgan fingerprint density at radius 2 is 1.89 bits per heavy atom. The molecule has 1 aromatic carbocycles. The Morgan fingerprint density at radius 3 is 2.63 bits per heavy atom. The van der Waals surface area contributed by atoms with Gasteiger partial charge in [0, 0.05) is 44.5 Å². The lowest BCUT2D eigenvalue weighted by Crippen LogP contribution is -2.43. The third-order valence-corrected chi connectivity index (χ3v) is 3.77. The first-order valence-electron chi connectivity index (χ1n) is 6.89. The first-order valence-corrected chi connectivity index (χ1v) is 6.89. The molecule has 3 rings (SSSR count). The van der Waals surface area contributed by atoms with Gasteiger partial charge in [0.15, 0.2) is 0 Å². The Hall–Kier alpha value is -1.81. The van der Waals surface area contributed by atoms with Crippen molar-refractivity contribution in [2.45, 2.75) is 13.5 Å². The molecule has 2 aromatic rings. The van der Waals surface area contributed by atoms with E-state index in [1.807, 2.05) is 17.6 Å². The normalized spacial score (nSPS) is 15.9. The SMILES string of the molecule is CCn1c(=O)ccc2ccc(N3CCNCC3)cc21. The molecular weight excluding hydrogens is 238 g/mol. The highest BCUT2D eigenvalue weighted by Gasteiger charge is 2.11. The van der Waals surface area contributed by atoms with Crippen LogP contribution in [0.5, 0.6) is 0 Å². The number of anilines is 1. The summed E-state index contributed by atoms with van der Waals surface area (Å²) in [5, 5.41) is 4.48. The molecule has 2 heterocycles. The van der Waals surface area contributed by atoms with Crippen molar-refractivity contribution in [3.63, 3.8) is 0 Å². The van der Waals surface area contributed by atoms with Crippen LogP contribution in [0.1, 0.15) is 6.92 Å². The number of aromatic nitrogens is 1. The lowest BCUT2D eigenvalue weighted by atomic mass is 10.1. The Labute approximate surface area is 112 Å². The zero-order chi connectivity index (χ0) is 13.2. The highest BCUT2D eigenvalue weighted by molar-refractivity contribution is 5.82. The molecule has 1 aliphatic heterocycles. The fourth-order valence-corrected chi connectivity index (χ4v) is 2.72. The maximum Gasteiger partial charge on any atom is 0.251 e. The molecule has 0 unspecified atom stereocenters. The summed E-state index contributed by atoms with van der Waals surface area (Å²) < 4.78 is 1.83. The number of nitrogens with one attached hydrogen (secondary N) is 1. The molecule has 1 aliphatic rings. The maximum atomic E-state index is 11.9. The van der Waals surface area contributed by atoms with Crippen LogP contribution in [-0.2, 0) is 6.54 Å². The van der Waals surface area contributed by atoms with Gasteiger partial charge in [-0.05, 0) is 30.5 Å². The molecule has 1 aromatic heterocycles. The minimum Gasteiger partial charge on any atom is -0.369 e. The second-order valence-electron chi connectivity index (χ2n) is 4.90. The molecule has 1 N–H and O–H groups in total. The molecule has 1 saturated heterocycles. The van der Waals surface area contributed by atoms with Crippen LogP contribution < -0.4 is 15.8 Å². The molecular formula is C15H19N3O. The van der Waals surface area contributed by atoms with Gasteiger partial charge < -0.3 is 14.8 Å². The van der Waals surface area contributed by atoms with E-state index in [0.29, 0.717) is 6.54 Å². The number of fused-ring (bicyclic) bond motifs is 1. The number of hydrogen-bond acceptors (Lipinski definition) is 3. The predicted octanol–water partition coefficient (Wildman–Crippen LogP) is 1.43. The zero-order valence-electron chi connectivity index (χ0n) is 11.2. The van der Waals surface area contributed by atoms with Gasteiger partial charge in [-0.25, -0.2) is 0 Å². The van der Waals surface area contributed by atoms with E-state index >= 15 is 0 Å². The van der Waals surface area contributed by atoms with Gasteiger partial charge in [-0.3, -0.25) is 4.79 Å². The van der Waals surface area contributed by atoms with E-state index < -0.39 is 0 Å². The summed E-state index contributed by atoms with van der Waals surface area (Å²) in [6, 6.07) is 9.96. The monoisotopic (exact) mass is 257 g/mol. The molecule has 100 valence electrons. The third-order valence-electron chi connectivity index (χ3n) is 3.77. The molecule has 0 atom stereocenters. The summed E-state index contributed by atoms with van der Waals surface area (Å²) in [7, 11) is 0. The molecule has 19 heavy (non-hydrogen) atoms. The van der Waals surface area contributed by atoms with Crippen LogP contribution in [0.4, 0.5) is 5.69 Å². The van der Waals surface area contributed by atoms with Gasteiger partial charge in [-0.1, -0.05) is 6.07 Å². The summed E-state index contributed by atoms with van der Waals surface area (Å²) in [6.45, 7) is 6.81. The van der Waals surface area contributed by atoms with Crippen LogP contribution in [0.2, 0.25) is 0 Å². The van der Waals surface area contributed by atoms with Crippen molar-refractivity contribution in [2.75, 3.05) is 31.1 Å². The second kappa shape index (κ2) is 5.05. The summed E-state index contributed by atoms with van der Waals surface area (Å²) in [5.74, 6) is 0. The van der Waals surface area contributed by atoms with Gasteiger partial charge in [0.1, 0.15) is 0 Å². The van der Waals surface area contributed by atoms with Crippen LogP contribution in [0, 0.1) is 0 Å². The molecule has 0 amide bonds. The number of hydrogen-bond donors (Lipinski definition) is 1. The fourth-order valence-electron chi connectivity index (χ4n) is 2.72. The number of pyridine rings is 1. The van der Waals surface area contributed by atoms with Crippen LogP contribution in [0.25, 0.3) is 10.9 Å². The van der Waals surface area contributed by atoms with Gasteiger partial charge in [0.05, 0.1) is 5.52 Å². The Kier molecular flexibility index (Phi) is 3.25. The van der Waals surface area contributed by atoms with Crippen molar-refractivity contribution in [1.82, 2.24) is 9.88 Å². The smallest absolute Gasteiger partial charge is 0.251 e. The average Bonchev–Trinajstić information content (AvgIpc) is 2.47. The largest absolute Gasteiger partial charge is 0.369 e. The number of aryl methyl sites for hydroxylation is 1. The number of rotatable bonds is 2. The number of benzene rings is 1. The van der Waals surface area contributed by atoms with Crippen molar-refractivity contribution >= 4 is 16.6 Å². The first kappa shape index (κ1) is 12.2. The molecule has 0 saturated carbocycles. The van der Waals surface area contributed by atoms with Crippen LogP contribution in [0.15, 0.2) is 35.1 Å². The number of nitrogens with zero attached hydrogens (tertiary/aromatic N) is 2. The lowest BCUT2D eigenvalue weighted by molar-refractivity contribution is 0.589. The van der Waals surface area contributed by atoms with E-state index in [4.69, 9.17) is 0 Å². The summed E-state index contributed by atoms with van der Waals surface area (Å²) in [4.78, 5) is 14.3. The molecule has 1 fully saturated rings. The van der Waals surface area contributed by atoms with Gasteiger partial charge >= 0.3 is 0 Å². The average molecular weight is 257 g/mol. The second-order valence-corrected chi connectivity index (χ2v) is 4.90. The van der Waals surface area contributed by atoms with Crippen molar-refractivity contribution in [2.24, 2.45) is 0 Å². The molecule has 4 heteroatoms. The van der Waals surface area contributed by atoms with Crippen LogP contribution in [-0.4, -0.2) is 30.7 Å². The quantitative estimate of drug-likeness (QED) is 0.884. The lowest BCUT2D eigenvalue weighted by Gasteiger charge is -2.29. The summed E-state index contributed by atoms with van der Waals surface area (Å²) in [6.07, 6.45) is 0. The zero-order valence-corrected chi connectivity index (χ0v) is 11.2. The highest BCUT2D eigenvalue weighted by Crippen LogP contribution is 2.21. The molecule has 0 spiro atoms. The molecule has 4 nitrogen and oxygen atoms in total. The molecule has 0 bridgehead atoms. The van der Waals surface area contributed by atoms with Crippen molar-refractivity contribution in [1.29, 1.82) is 0 Å². The van der Waals surface area contributed by atoms with Gasteiger partial charge in [-0.15, -0.1) is 0 Å². The standard InChI is InChI=1S/C15H19N3O/c1-2-18-14-11-13(17-9-7-16-8-10-17)5-3-12(14)4-6-15(18)19/h3-6,11,16H,2,7-10H2,1H3. The minimum absolute atomic E-state index is 0.0764. The first-order chi connectivity index (χ1) is 9.29. The predicted molar refractivity (Wildman–Crippen MR) is 79.0 cm³/mol. The van der Waals surface area contributed by atoms with Gasteiger partial charge in [0.2, 0.25) is 0 Å². The van der Waals surface area contributed by atoms with Crippen LogP contribution >= 0.6 is 0 Å². The van der Waals surface area contributed by atoms with E-state index in [9.17, 15) is 4.79 Å². The van der Waals surface area contributed by atoms with Crippen molar-refractivity contribution < 1.29 is 0 Å². The summed E-state index contributed by atoms with van der Waals surface area (Å²) in [5.41, 5.74) is 2.32. The Balaban J connectivity index is 2.10. The summed E-state index contributed by atoms with van der Waals surface area (Å²) >= 11 is 0. The van der Waals surface area contributed by atoms with Crippen molar-refractivity contribution in [3.8, 4) is 0 Å². The maximum absolute atomic E-state index is 11.9. The number of piperazine rings is 1. The fraction of sp³-hybridized carbons (Fsp3) is 0.400. The van der Waals surface area contributed by atoms with Crippen molar-refractivity contribution in [3.05, 3.63) is 40.7 Å². The highest BCUT2D eigenvalue weighted by atomic mass is 16.1. The molecule has 0 aliphatic carbocycles.